The zero-order chi connectivity index (χ0) is 56.7. The first kappa shape index (κ1) is 63.9. The molecule has 1 saturated carbocycles. The Hall–Kier alpha value is -3.94. The highest BCUT2D eigenvalue weighted by atomic mass is 16.6. The highest BCUT2D eigenvalue weighted by Gasteiger charge is 2.55. The number of aliphatic hydroxyl groups is 3. The first-order valence-corrected chi connectivity index (χ1v) is 28.6. The van der Waals surface area contributed by atoms with Crippen molar-refractivity contribution < 1.29 is 72.9 Å². The number of nitrogens with zero attached hydrogens (tertiary/aromatic N) is 2. The minimum atomic E-state index is -2.52. The Morgan fingerprint density at radius 2 is 1.52 bits per heavy atom. The summed E-state index contributed by atoms with van der Waals surface area (Å²) in [5.74, 6) is -10.1. The van der Waals surface area contributed by atoms with Crippen LogP contribution in [-0.2, 0) is 52.5 Å². The quantitative estimate of drug-likeness (QED) is 0.0942. The molecule has 0 radical (unpaired) electrons. The smallest absolute Gasteiger partial charge is 0.326 e. The molecule has 4 heterocycles. The highest BCUT2D eigenvalue weighted by molar-refractivity contribution is 6.39. The molecule has 5 aliphatic rings. The maximum absolute atomic E-state index is 14.7. The number of carboxylic acids is 1. The first-order valence-electron chi connectivity index (χ1n) is 28.6. The van der Waals surface area contributed by atoms with Gasteiger partial charge in [-0.15, -0.1) is 0 Å². The van der Waals surface area contributed by atoms with Crippen molar-refractivity contribution in [1.29, 1.82) is 0 Å². The maximum atomic E-state index is 14.7. The number of carboxylic acid groups (broad SMARTS) is 1. The normalized spacial score (nSPS) is 38.3. The maximum Gasteiger partial charge on any atom is 0.326 e. The van der Waals surface area contributed by atoms with Crippen LogP contribution in [0.15, 0.2) is 47.6 Å². The molecule has 0 aromatic heterocycles. The van der Waals surface area contributed by atoms with Crippen LogP contribution in [-0.4, -0.2) is 168 Å². The lowest BCUT2D eigenvalue weighted by atomic mass is 9.66. The summed E-state index contributed by atoms with van der Waals surface area (Å²) in [7, 11) is 4.52. The number of piperidine rings is 2. The van der Waals surface area contributed by atoms with Gasteiger partial charge >= 0.3 is 11.9 Å². The number of ether oxygens (including phenoxy) is 5. The van der Waals surface area contributed by atoms with E-state index in [-0.39, 0.29) is 61.9 Å². The molecule has 4 fully saturated rings. The van der Waals surface area contributed by atoms with Crippen molar-refractivity contribution in [2.75, 3.05) is 54.1 Å². The van der Waals surface area contributed by atoms with Gasteiger partial charge in [-0.2, -0.15) is 0 Å². The monoisotopic (exact) mass is 1080 g/mol. The minimum absolute atomic E-state index is 0.00568. The number of fused-ring (bicyclic) bond motifs is 4. The Morgan fingerprint density at radius 1 is 0.805 bits per heavy atom. The van der Waals surface area contributed by atoms with Crippen LogP contribution in [0.25, 0.3) is 0 Å². The van der Waals surface area contributed by atoms with Gasteiger partial charge in [0.05, 0.1) is 24.9 Å². The number of allylic oxidation sites excluding steroid dienone is 6. The van der Waals surface area contributed by atoms with Gasteiger partial charge in [-0.3, -0.25) is 28.9 Å². The van der Waals surface area contributed by atoms with Gasteiger partial charge in [0.15, 0.2) is 5.78 Å². The van der Waals surface area contributed by atoms with E-state index in [0.717, 1.165) is 42.8 Å². The van der Waals surface area contributed by atoms with E-state index in [2.05, 4.69) is 4.90 Å². The molecule has 1 amide bonds. The SMILES string of the molecule is CO[C@H]1C[C@@H]2CC[C@@H](C)[C@@](O)(O2)C(=O)C(=O)N2CCCC([C@H]2C(=O)O)[C@H](C[C@@H]2CC[C@@H](OC(=O)CN3CCC(CCO)CC3)[C@H](OC)C2)[C@@H](C)CC(=O)[C@H](C)/C=C(\C)[C@@H](O)[C@@H](OC)C(=O)[C@H](C)C[C@H](C)/C=C/C=C/C=C1C. The number of rotatable bonds is 11. The molecular weight excluding hydrogens is 989 g/mol. The predicted octanol–water partition coefficient (Wildman–Crippen LogP) is 6.84. The number of amides is 1. The van der Waals surface area contributed by atoms with Crippen molar-refractivity contribution >= 4 is 35.2 Å². The third kappa shape index (κ3) is 17.0. The van der Waals surface area contributed by atoms with Gasteiger partial charge in [0.2, 0.25) is 5.79 Å². The van der Waals surface area contributed by atoms with E-state index in [4.69, 9.17) is 23.7 Å². The molecule has 0 aromatic rings. The number of carbonyl (C=O) groups excluding carboxylic acids is 5. The lowest BCUT2D eigenvalue weighted by molar-refractivity contribution is -0.265. The van der Waals surface area contributed by atoms with Crippen molar-refractivity contribution in [2.24, 2.45) is 53.3 Å². The molecule has 77 heavy (non-hydrogen) atoms. The summed E-state index contributed by atoms with van der Waals surface area (Å²) in [5, 5.41) is 44.3. The number of ketones is 3. The van der Waals surface area contributed by atoms with Crippen molar-refractivity contribution in [3.8, 4) is 0 Å². The Morgan fingerprint density at radius 3 is 2.17 bits per heavy atom. The molecule has 0 aromatic carbocycles. The fourth-order valence-electron chi connectivity index (χ4n) is 13.1. The van der Waals surface area contributed by atoms with Crippen LogP contribution in [0, 0.1) is 53.3 Å². The molecule has 16 atom stereocenters. The molecule has 4 N–H and O–H groups in total. The Balaban J connectivity index is 1.47. The standard InChI is InChI=1S/C60H94N2O15/c1-36-15-12-11-13-16-37(2)50(73-8)34-45-20-18-42(7)60(72,77-45)57(68)58(69)62-25-14-17-46(53(62)59(70)71)47(38(3)31-48(64)39(4)30-41(6)55(67)56(75-10)54(66)40(5)29-36)32-44-19-21-49(51(33-44)74-9)76-52(65)35-61-26-22-43(23-27-61)24-28-63/h11-13,15-16,30,36,38-40,42-47,49-51,53,55-56,63,67,72H,14,17-29,31-35H2,1-10H3,(H,70,71)/b13-11+,15-12+,37-16?,41-30+/t36-,38+,39-,40-,42-,44+,45+,46?,47-,49-,50+,51-,53+,55-,56+,60-/m1/s1. The number of esters is 1. The van der Waals surface area contributed by atoms with Gasteiger partial charge in [0.25, 0.3) is 11.7 Å². The van der Waals surface area contributed by atoms with Crippen LogP contribution in [0.5, 0.6) is 0 Å². The van der Waals surface area contributed by atoms with E-state index in [9.17, 15) is 49.2 Å². The second-order valence-corrected chi connectivity index (χ2v) is 23.5. The average molecular weight is 1080 g/mol. The van der Waals surface area contributed by atoms with Gasteiger partial charge < -0.3 is 49.0 Å². The summed E-state index contributed by atoms with van der Waals surface area (Å²) in [6, 6.07) is -1.47. The van der Waals surface area contributed by atoms with E-state index in [1.165, 1.54) is 7.11 Å². The number of likely N-dealkylation sites (tertiary alicyclic amines) is 1. The largest absolute Gasteiger partial charge is 0.480 e. The van der Waals surface area contributed by atoms with Crippen LogP contribution in [0.2, 0.25) is 0 Å². The number of hydrogen-bond donors (Lipinski definition) is 4. The topological polar surface area (TPSA) is 236 Å². The summed E-state index contributed by atoms with van der Waals surface area (Å²) in [6.45, 7) is 14.4. The lowest BCUT2D eigenvalue weighted by Gasteiger charge is -2.46. The number of aliphatic carboxylic acids is 1. The van der Waals surface area contributed by atoms with Crippen molar-refractivity contribution in [3.05, 3.63) is 47.6 Å². The fourth-order valence-corrected chi connectivity index (χ4v) is 13.1. The predicted molar refractivity (Wildman–Crippen MR) is 290 cm³/mol. The fraction of sp³-hybridized carbons (Fsp3) is 0.767. The van der Waals surface area contributed by atoms with Gasteiger partial charge in [-0.25, -0.2) is 4.79 Å². The molecule has 17 nitrogen and oxygen atoms in total. The molecule has 17 heteroatoms. The molecule has 1 unspecified atom stereocenters. The summed E-state index contributed by atoms with van der Waals surface area (Å²) >= 11 is 0. The number of methoxy groups -OCH3 is 3. The molecule has 4 bridgehead atoms. The van der Waals surface area contributed by atoms with Gasteiger partial charge in [-0.05, 0) is 151 Å². The van der Waals surface area contributed by atoms with Gasteiger partial charge in [-0.1, -0.05) is 71.1 Å². The van der Waals surface area contributed by atoms with Crippen LogP contribution in [0.4, 0.5) is 0 Å². The Labute approximate surface area is 458 Å². The summed E-state index contributed by atoms with van der Waals surface area (Å²) < 4.78 is 29.8. The molecule has 0 spiro atoms. The molecule has 434 valence electrons. The third-order valence-corrected chi connectivity index (χ3v) is 17.9. The van der Waals surface area contributed by atoms with E-state index in [1.807, 2.05) is 58.1 Å². The number of Topliss-reactive ketones (excluding diaryl/α,β-unsaturated/α-hetero) is 3. The number of hydrogen-bond acceptors (Lipinski definition) is 15. The first-order chi connectivity index (χ1) is 36.6. The zero-order valence-corrected chi connectivity index (χ0v) is 47.8. The molecule has 1 aliphatic carbocycles. The van der Waals surface area contributed by atoms with E-state index < -0.39 is 102 Å². The van der Waals surface area contributed by atoms with Gasteiger partial charge in [0.1, 0.15) is 30.1 Å². The Bertz CT molecular complexity index is 2110. The van der Waals surface area contributed by atoms with E-state index in [1.54, 1.807) is 41.1 Å². The molecule has 4 aliphatic heterocycles. The van der Waals surface area contributed by atoms with Crippen LogP contribution < -0.4 is 0 Å². The number of aliphatic hydroxyl groups excluding tert-OH is 2. The Kier molecular flexibility index (Phi) is 24.9. The zero-order valence-electron chi connectivity index (χ0n) is 47.8. The van der Waals surface area contributed by atoms with Crippen LogP contribution in [0.1, 0.15) is 138 Å². The summed E-state index contributed by atoms with van der Waals surface area (Å²) in [6.07, 6.45) is 13.6. The van der Waals surface area contributed by atoms with Crippen LogP contribution in [0.3, 0.4) is 0 Å². The van der Waals surface area contributed by atoms with E-state index >= 15 is 0 Å². The van der Waals surface area contributed by atoms with Crippen molar-refractivity contribution in [1.82, 2.24) is 9.80 Å². The van der Waals surface area contributed by atoms with Crippen LogP contribution >= 0.6 is 0 Å². The molecular formula is C60H94N2O15. The lowest BCUT2D eigenvalue weighted by Crippen LogP contribution is -2.62. The summed E-state index contributed by atoms with van der Waals surface area (Å²) in [5.41, 5.74) is 1.25. The average Bonchev–Trinajstić information content (AvgIpc) is 3.43. The second kappa shape index (κ2) is 30.0. The molecule has 5 rings (SSSR count). The molecule has 3 saturated heterocycles. The second-order valence-electron chi connectivity index (χ2n) is 23.5. The summed E-state index contributed by atoms with van der Waals surface area (Å²) in [4.78, 5) is 87.6. The van der Waals surface area contributed by atoms with Crippen molar-refractivity contribution in [2.45, 2.75) is 187 Å². The minimum Gasteiger partial charge on any atom is -0.480 e. The number of carbonyl (C=O) groups is 6. The van der Waals surface area contributed by atoms with Gasteiger partial charge in [0, 0.05) is 65.1 Å². The third-order valence-electron chi connectivity index (χ3n) is 17.9. The van der Waals surface area contributed by atoms with E-state index in [0.29, 0.717) is 69.3 Å². The highest BCUT2D eigenvalue weighted by Crippen LogP contribution is 2.44. The van der Waals surface area contributed by atoms with Crippen molar-refractivity contribution in [3.63, 3.8) is 0 Å².